The van der Waals surface area contributed by atoms with Gasteiger partial charge in [0.1, 0.15) is 0 Å². The number of likely N-dealkylation sites (tertiary alicyclic amines) is 1. The zero-order chi connectivity index (χ0) is 13.0. The van der Waals surface area contributed by atoms with Crippen LogP contribution in [0, 0.1) is 0 Å². The zero-order valence-electron chi connectivity index (χ0n) is 10.8. The number of amides is 2. The molecule has 0 spiro atoms. The first-order valence-corrected chi connectivity index (χ1v) is 7.30. The molecule has 1 saturated heterocycles. The molecular weight excluding hydrogens is 246 g/mol. The van der Waals surface area contributed by atoms with Gasteiger partial charge in [-0.1, -0.05) is 0 Å². The van der Waals surface area contributed by atoms with Crippen molar-refractivity contribution >= 4 is 23.5 Å². The highest BCUT2D eigenvalue weighted by atomic mass is 32.2. The first-order chi connectivity index (χ1) is 8.67. The molecule has 0 saturated carbocycles. The van der Waals surface area contributed by atoms with Gasteiger partial charge in [-0.25, -0.2) is 4.79 Å². The summed E-state index contributed by atoms with van der Waals surface area (Å²) in [4.78, 5) is 15.2. The van der Waals surface area contributed by atoms with Crippen LogP contribution in [0.3, 0.4) is 0 Å². The molecule has 1 fully saturated rings. The number of anilines is 1. The molecule has 2 rings (SSSR count). The van der Waals surface area contributed by atoms with Crippen LogP contribution < -0.4 is 10.6 Å². The fourth-order valence-electron chi connectivity index (χ4n) is 2.08. The van der Waals surface area contributed by atoms with Crippen molar-refractivity contribution in [1.82, 2.24) is 10.2 Å². The van der Waals surface area contributed by atoms with Crippen LogP contribution in [-0.4, -0.2) is 43.4 Å². The van der Waals surface area contributed by atoms with Crippen LogP contribution in [-0.2, 0) is 0 Å². The lowest BCUT2D eigenvalue weighted by Crippen LogP contribution is -2.39. The van der Waals surface area contributed by atoms with Gasteiger partial charge in [0.15, 0.2) is 0 Å². The summed E-state index contributed by atoms with van der Waals surface area (Å²) in [6.45, 7) is 1.98. The van der Waals surface area contributed by atoms with Crippen molar-refractivity contribution in [2.75, 3.05) is 31.7 Å². The Hall–Kier alpha value is -1.20. The van der Waals surface area contributed by atoms with Gasteiger partial charge >= 0.3 is 6.03 Å². The van der Waals surface area contributed by atoms with E-state index in [1.54, 1.807) is 11.8 Å². The second-order valence-corrected chi connectivity index (χ2v) is 5.45. The average Bonchev–Trinajstić information content (AvgIpc) is 2.75. The fraction of sp³-hybridized carbons (Fsp3) is 0.462. The Kier molecular flexibility index (Phi) is 4.49. The molecule has 1 aromatic carbocycles. The van der Waals surface area contributed by atoms with Crippen LogP contribution in [0.5, 0.6) is 0 Å². The number of urea groups is 1. The number of hydrogen-bond donors (Lipinski definition) is 2. The third kappa shape index (κ3) is 3.65. The third-order valence-electron chi connectivity index (χ3n) is 3.07. The van der Waals surface area contributed by atoms with E-state index in [4.69, 9.17) is 0 Å². The summed E-state index contributed by atoms with van der Waals surface area (Å²) in [5.41, 5.74) is 0.830. The number of nitrogens with zero attached hydrogens (tertiary/aromatic N) is 1. The van der Waals surface area contributed by atoms with Crippen LogP contribution >= 0.6 is 11.8 Å². The monoisotopic (exact) mass is 265 g/mol. The minimum Gasteiger partial charge on any atom is -0.334 e. The highest BCUT2D eigenvalue weighted by Gasteiger charge is 2.20. The summed E-state index contributed by atoms with van der Waals surface area (Å²) in [5.74, 6) is 0. The molecular formula is C13H19N3OS. The standard InChI is InChI=1S/C13H19N3OS/c1-16-8-7-11(9-16)15-13(17)14-10-3-5-12(18-2)6-4-10/h3-6,11H,7-9H2,1-2H3,(H2,14,15,17)/t11-/m1/s1. The summed E-state index contributed by atoms with van der Waals surface area (Å²) < 4.78 is 0. The average molecular weight is 265 g/mol. The number of carbonyl (C=O) groups is 1. The van der Waals surface area contributed by atoms with E-state index in [2.05, 4.69) is 22.6 Å². The van der Waals surface area contributed by atoms with Gasteiger partial charge < -0.3 is 15.5 Å². The molecule has 0 aliphatic carbocycles. The summed E-state index contributed by atoms with van der Waals surface area (Å²) in [5, 5.41) is 5.85. The minimum atomic E-state index is -0.118. The Morgan fingerprint density at radius 3 is 2.67 bits per heavy atom. The van der Waals surface area contributed by atoms with Crippen molar-refractivity contribution in [3.05, 3.63) is 24.3 Å². The summed E-state index contributed by atoms with van der Waals surface area (Å²) in [6.07, 6.45) is 3.06. The fourth-order valence-corrected chi connectivity index (χ4v) is 2.49. The molecule has 0 bridgehead atoms. The lowest BCUT2D eigenvalue weighted by molar-refractivity contribution is 0.248. The molecule has 4 nitrogen and oxygen atoms in total. The molecule has 5 heteroatoms. The Morgan fingerprint density at radius 2 is 2.11 bits per heavy atom. The Balaban J connectivity index is 1.83. The molecule has 1 aliphatic rings. The molecule has 1 aromatic rings. The van der Waals surface area contributed by atoms with E-state index in [0.29, 0.717) is 0 Å². The van der Waals surface area contributed by atoms with Crippen LogP contribution in [0.4, 0.5) is 10.5 Å². The number of benzene rings is 1. The van der Waals surface area contributed by atoms with E-state index in [-0.39, 0.29) is 12.1 Å². The van der Waals surface area contributed by atoms with E-state index in [9.17, 15) is 4.79 Å². The van der Waals surface area contributed by atoms with Crippen molar-refractivity contribution in [2.45, 2.75) is 17.4 Å². The van der Waals surface area contributed by atoms with Crippen molar-refractivity contribution in [2.24, 2.45) is 0 Å². The lowest BCUT2D eigenvalue weighted by atomic mass is 10.3. The number of rotatable bonds is 3. The first-order valence-electron chi connectivity index (χ1n) is 6.07. The number of thioether (sulfide) groups is 1. The molecule has 1 heterocycles. The molecule has 98 valence electrons. The van der Waals surface area contributed by atoms with Crippen LogP contribution in [0.25, 0.3) is 0 Å². The molecule has 0 unspecified atom stereocenters. The van der Waals surface area contributed by atoms with Gasteiger partial charge in [-0.3, -0.25) is 0 Å². The van der Waals surface area contributed by atoms with Gasteiger partial charge in [-0.15, -0.1) is 11.8 Å². The molecule has 0 aromatic heterocycles. The SMILES string of the molecule is CSc1ccc(NC(=O)N[C@@H]2CCN(C)C2)cc1. The van der Waals surface area contributed by atoms with Crippen molar-refractivity contribution in [3.63, 3.8) is 0 Å². The molecule has 0 radical (unpaired) electrons. The van der Waals surface area contributed by atoms with E-state index in [1.807, 2.05) is 30.5 Å². The van der Waals surface area contributed by atoms with Crippen molar-refractivity contribution < 1.29 is 4.79 Å². The Bertz CT molecular complexity index is 407. The van der Waals surface area contributed by atoms with Crippen LogP contribution in [0.2, 0.25) is 0 Å². The van der Waals surface area contributed by atoms with E-state index >= 15 is 0 Å². The van der Waals surface area contributed by atoms with Gasteiger partial charge in [0, 0.05) is 23.2 Å². The zero-order valence-corrected chi connectivity index (χ0v) is 11.6. The molecule has 1 atom stereocenters. The van der Waals surface area contributed by atoms with Gasteiger partial charge in [0.25, 0.3) is 0 Å². The number of hydrogen-bond acceptors (Lipinski definition) is 3. The maximum absolute atomic E-state index is 11.8. The van der Waals surface area contributed by atoms with Gasteiger partial charge in [0.05, 0.1) is 0 Å². The molecule has 2 N–H and O–H groups in total. The maximum atomic E-state index is 11.8. The smallest absolute Gasteiger partial charge is 0.319 e. The number of carbonyl (C=O) groups excluding carboxylic acids is 1. The second-order valence-electron chi connectivity index (χ2n) is 4.57. The topological polar surface area (TPSA) is 44.4 Å². The summed E-state index contributed by atoms with van der Waals surface area (Å²) >= 11 is 1.69. The van der Waals surface area contributed by atoms with Crippen LogP contribution in [0.15, 0.2) is 29.2 Å². The predicted octanol–water partition coefficient (Wildman–Crippen LogP) is 2.23. The molecule has 18 heavy (non-hydrogen) atoms. The molecule has 1 aliphatic heterocycles. The quantitative estimate of drug-likeness (QED) is 0.824. The second kappa shape index (κ2) is 6.11. The third-order valence-corrected chi connectivity index (χ3v) is 3.82. The predicted molar refractivity (Wildman–Crippen MR) is 76.3 cm³/mol. The van der Waals surface area contributed by atoms with Gasteiger partial charge in [-0.05, 0) is 50.5 Å². The molecule has 2 amide bonds. The van der Waals surface area contributed by atoms with Gasteiger partial charge in [0.2, 0.25) is 0 Å². The van der Waals surface area contributed by atoms with E-state index in [0.717, 1.165) is 25.2 Å². The number of likely N-dealkylation sites (N-methyl/N-ethyl adjacent to an activating group) is 1. The Labute approximate surface area is 112 Å². The van der Waals surface area contributed by atoms with Crippen molar-refractivity contribution in [3.8, 4) is 0 Å². The highest BCUT2D eigenvalue weighted by Crippen LogP contribution is 2.17. The lowest BCUT2D eigenvalue weighted by Gasteiger charge is -2.13. The van der Waals surface area contributed by atoms with E-state index < -0.39 is 0 Å². The Morgan fingerprint density at radius 1 is 1.39 bits per heavy atom. The van der Waals surface area contributed by atoms with Crippen LogP contribution in [0.1, 0.15) is 6.42 Å². The first kappa shape index (κ1) is 13.2. The van der Waals surface area contributed by atoms with E-state index in [1.165, 1.54) is 4.90 Å². The summed E-state index contributed by atoms with van der Waals surface area (Å²) in [7, 11) is 2.07. The minimum absolute atomic E-state index is 0.118. The maximum Gasteiger partial charge on any atom is 0.319 e. The largest absolute Gasteiger partial charge is 0.334 e. The highest BCUT2D eigenvalue weighted by molar-refractivity contribution is 7.98. The van der Waals surface area contributed by atoms with Gasteiger partial charge in [-0.2, -0.15) is 0 Å². The van der Waals surface area contributed by atoms with Crippen molar-refractivity contribution in [1.29, 1.82) is 0 Å². The summed E-state index contributed by atoms with van der Waals surface area (Å²) in [6, 6.07) is 8.00. The normalized spacial score (nSPS) is 19.8. The number of nitrogens with one attached hydrogen (secondary N) is 2.